The van der Waals surface area contributed by atoms with Crippen LogP contribution in [0, 0.1) is 0 Å². The molecule has 7 heteroatoms. The van der Waals surface area contributed by atoms with Gasteiger partial charge in [-0.05, 0) is 58.1 Å². The smallest absolute Gasteiger partial charge is 0.244 e. The van der Waals surface area contributed by atoms with Gasteiger partial charge in [0.05, 0.1) is 10.8 Å². The molecule has 1 saturated heterocycles. The van der Waals surface area contributed by atoms with Gasteiger partial charge in [-0.1, -0.05) is 37.1 Å². The largest absolute Gasteiger partial charge is 0.508 e. The van der Waals surface area contributed by atoms with E-state index in [-0.39, 0.29) is 10.6 Å². The second kappa shape index (κ2) is 8.54. The molecule has 0 aromatic heterocycles. The van der Waals surface area contributed by atoms with Crippen LogP contribution >= 0.6 is 15.9 Å². The van der Waals surface area contributed by atoms with Gasteiger partial charge < -0.3 is 9.90 Å². The molecule has 1 N–H and O–H groups in total. The molecule has 0 radical (unpaired) electrons. The summed E-state index contributed by atoms with van der Waals surface area (Å²) in [4.78, 5) is 12.0. The minimum atomic E-state index is -3.65. The number of carbonyl (C=O) groups is 1. The number of halogens is 1. The highest BCUT2D eigenvalue weighted by atomic mass is 79.9. The van der Waals surface area contributed by atoms with Crippen molar-refractivity contribution in [3.05, 3.63) is 58.1 Å². The molecule has 2 aromatic carbocycles. The first-order valence-electron chi connectivity index (χ1n) is 8.98. The minimum absolute atomic E-state index is 0.0591. The number of hydrogen-bond donors (Lipinski definition) is 1. The summed E-state index contributed by atoms with van der Waals surface area (Å²) in [7, 11) is -3.65. The summed E-state index contributed by atoms with van der Waals surface area (Å²) in [5.74, 6) is -0.616. The number of hydrogen-bond acceptors (Lipinski definition) is 4. The standard InChI is InChI=1S/C20H22BrNO4S/c21-20-17(18(14-23)15-7-5-8-16(24)13-15)9-6-10-19(20)27(25,26)22-11-3-1-2-4-12-22/h5-10,13-14,18,24H,1-4,11-12H2. The van der Waals surface area contributed by atoms with Gasteiger partial charge in [0.2, 0.25) is 10.0 Å². The molecule has 1 fully saturated rings. The summed E-state index contributed by atoms with van der Waals surface area (Å²) < 4.78 is 28.3. The van der Waals surface area contributed by atoms with Crippen LogP contribution in [-0.4, -0.2) is 37.2 Å². The maximum Gasteiger partial charge on any atom is 0.244 e. The molecule has 0 aliphatic carbocycles. The molecule has 2 aromatic rings. The first-order chi connectivity index (χ1) is 12.9. The van der Waals surface area contributed by atoms with Gasteiger partial charge in [-0.15, -0.1) is 0 Å². The Hall–Kier alpha value is -1.70. The lowest BCUT2D eigenvalue weighted by atomic mass is 9.92. The summed E-state index contributed by atoms with van der Waals surface area (Å²) in [5, 5.41) is 9.72. The van der Waals surface area contributed by atoms with Crippen molar-refractivity contribution in [1.82, 2.24) is 4.31 Å². The second-order valence-electron chi connectivity index (χ2n) is 6.69. The summed E-state index contributed by atoms with van der Waals surface area (Å²) in [6.07, 6.45) is 4.56. The van der Waals surface area contributed by atoms with Gasteiger partial charge in [0.15, 0.2) is 0 Å². The second-order valence-corrected chi connectivity index (χ2v) is 9.39. The van der Waals surface area contributed by atoms with Crippen LogP contribution < -0.4 is 0 Å². The predicted octanol–water partition coefficient (Wildman–Crippen LogP) is 4.05. The lowest BCUT2D eigenvalue weighted by Gasteiger charge is -2.22. The van der Waals surface area contributed by atoms with Gasteiger partial charge in [0.1, 0.15) is 12.0 Å². The first-order valence-corrected chi connectivity index (χ1v) is 11.2. The number of rotatable bonds is 5. The SMILES string of the molecule is O=CC(c1cccc(O)c1)c1cccc(S(=O)(=O)N2CCCCCC2)c1Br. The Bertz CT molecular complexity index is 921. The molecule has 1 aliphatic heterocycles. The van der Waals surface area contributed by atoms with Gasteiger partial charge in [-0.3, -0.25) is 0 Å². The highest BCUT2D eigenvalue weighted by Gasteiger charge is 2.29. The Kier molecular flexibility index (Phi) is 6.34. The lowest BCUT2D eigenvalue weighted by molar-refractivity contribution is -0.108. The number of aromatic hydroxyl groups is 1. The molecule has 0 amide bonds. The van der Waals surface area contributed by atoms with E-state index in [0.29, 0.717) is 28.7 Å². The number of nitrogens with zero attached hydrogens (tertiary/aromatic N) is 1. The zero-order chi connectivity index (χ0) is 19.4. The van der Waals surface area contributed by atoms with Gasteiger partial charge in [-0.2, -0.15) is 4.31 Å². The van der Waals surface area contributed by atoms with Crippen LogP contribution in [0.1, 0.15) is 42.7 Å². The Morgan fingerprint density at radius 3 is 2.33 bits per heavy atom. The van der Waals surface area contributed by atoms with Crippen LogP contribution in [0.5, 0.6) is 5.75 Å². The number of aldehydes is 1. The van der Waals surface area contributed by atoms with Gasteiger partial charge in [0.25, 0.3) is 0 Å². The fourth-order valence-corrected chi connectivity index (χ4v) is 6.17. The summed E-state index contributed by atoms with van der Waals surface area (Å²) in [6, 6.07) is 11.4. The van der Waals surface area contributed by atoms with Crippen LogP contribution in [-0.2, 0) is 14.8 Å². The first kappa shape index (κ1) is 20.0. The number of phenolic OH excluding ortho intramolecular Hbond substituents is 1. The normalized spacial score (nSPS) is 17.2. The Morgan fingerprint density at radius 1 is 1.04 bits per heavy atom. The molecule has 0 bridgehead atoms. The fourth-order valence-electron chi connectivity index (χ4n) is 3.44. The summed E-state index contributed by atoms with van der Waals surface area (Å²) in [6.45, 7) is 1.03. The Morgan fingerprint density at radius 2 is 1.70 bits per heavy atom. The van der Waals surface area contributed by atoms with Crippen molar-refractivity contribution < 1.29 is 18.3 Å². The summed E-state index contributed by atoms with van der Waals surface area (Å²) in [5.41, 5.74) is 1.17. The van der Waals surface area contributed by atoms with Crippen molar-refractivity contribution in [1.29, 1.82) is 0 Å². The Balaban J connectivity index is 2.03. The molecule has 0 saturated carbocycles. The molecular weight excluding hydrogens is 430 g/mol. The van der Waals surface area contributed by atoms with Crippen molar-refractivity contribution in [3.8, 4) is 5.75 Å². The van der Waals surface area contributed by atoms with E-state index in [4.69, 9.17) is 0 Å². The van der Waals surface area contributed by atoms with E-state index in [2.05, 4.69) is 15.9 Å². The third-order valence-corrected chi connectivity index (χ3v) is 7.96. The van der Waals surface area contributed by atoms with E-state index in [1.165, 1.54) is 16.4 Å². The van der Waals surface area contributed by atoms with E-state index in [9.17, 15) is 18.3 Å². The zero-order valence-corrected chi connectivity index (χ0v) is 17.2. The maximum atomic E-state index is 13.2. The van der Waals surface area contributed by atoms with Crippen molar-refractivity contribution in [2.24, 2.45) is 0 Å². The van der Waals surface area contributed by atoms with E-state index < -0.39 is 15.9 Å². The van der Waals surface area contributed by atoms with Gasteiger partial charge >= 0.3 is 0 Å². The molecule has 27 heavy (non-hydrogen) atoms. The zero-order valence-electron chi connectivity index (χ0n) is 14.8. The monoisotopic (exact) mass is 451 g/mol. The van der Waals surface area contributed by atoms with Crippen LogP contribution in [0.4, 0.5) is 0 Å². The van der Waals surface area contributed by atoms with Gasteiger partial charge in [0, 0.05) is 17.6 Å². The molecule has 1 atom stereocenters. The van der Waals surface area contributed by atoms with E-state index in [0.717, 1.165) is 32.0 Å². The molecule has 5 nitrogen and oxygen atoms in total. The maximum absolute atomic E-state index is 13.2. The Labute approximate surface area is 168 Å². The average Bonchev–Trinajstić information content (AvgIpc) is 2.94. The number of phenols is 1. The average molecular weight is 452 g/mol. The van der Waals surface area contributed by atoms with Crippen molar-refractivity contribution in [2.75, 3.05) is 13.1 Å². The third-order valence-electron chi connectivity index (χ3n) is 4.88. The van der Waals surface area contributed by atoms with Crippen molar-refractivity contribution >= 4 is 32.2 Å². The molecule has 3 rings (SSSR count). The highest BCUT2D eigenvalue weighted by Crippen LogP contribution is 2.36. The van der Waals surface area contributed by atoms with Crippen LogP contribution in [0.2, 0.25) is 0 Å². The number of benzene rings is 2. The van der Waals surface area contributed by atoms with Crippen molar-refractivity contribution in [3.63, 3.8) is 0 Å². The van der Waals surface area contributed by atoms with Crippen molar-refractivity contribution in [2.45, 2.75) is 36.5 Å². The minimum Gasteiger partial charge on any atom is -0.508 e. The number of carbonyl (C=O) groups excluding carboxylic acids is 1. The quantitative estimate of drug-likeness (QED) is 0.695. The van der Waals surface area contributed by atoms with Gasteiger partial charge in [-0.25, -0.2) is 8.42 Å². The molecule has 1 heterocycles. The molecule has 1 unspecified atom stereocenters. The highest BCUT2D eigenvalue weighted by molar-refractivity contribution is 9.10. The van der Waals surface area contributed by atoms with E-state index in [1.54, 1.807) is 30.3 Å². The summed E-state index contributed by atoms with van der Waals surface area (Å²) >= 11 is 3.43. The molecule has 1 aliphatic rings. The number of sulfonamides is 1. The molecule has 0 spiro atoms. The molecular formula is C20H22BrNO4S. The molecule has 144 valence electrons. The van der Waals surface area contributed by atoms with E-state index >= 15 is 0 Å². The van der Waals surface area contributed by atoms with Crippen LogP contribution in [0.25, 0.3) is 0 Å². The van der Waals surface area contributed by atoms with E-state index in [1.807, 2.05) is 0 Å². The lowest BCUT2D eigenvalue weighted by Crippen LogP contribution is -2.32. The van der Waals surface area contributed by atoms with Crippen LogP contribution in [0.3, 0.4) is 0 Å². The topological polar surface area (TPSA) is 74.7 Å². The fraction of sp³-hybridized carbons (Fsp3) is 0.350. The van der Waals surface area contributed by atoms with Crippen LogP contribution in [0.15, 0.2) is 51.8 Å². The predicted molar refractivity (Wildman–Crippen MR) is 107 cm³/mol. The third kappa shape index (κ3) is 4.25.